The van der Waals surface area contributed by atoms with Gasteiger partial charge >= 0.3 is 0 Å². The number of hydrogen-bond donors (Lipinski definition) is 0. The van der Waals surface area contributed by atoms with Crippen LogP contribution >= 0.6 is 22.4 Å². The first-order valence-corrected chi connectivity index (χ1v) is 16.1. The Balaban J connectivity index is 3.04. The molecule has 0 radical (unpaired) electrons. The van der Waals surface area contributed by atoms with Crippen LogP contribution in [0.3, 0.4) is 0 Å². The van der Waals surface area contributed by atoms with Crippen LogP contribution in [0.2, 0.25) is 39.3 Å². The van der Waals surface area contributed by atoms with Gasteiger partial charge in [-0.15, -0.1) is 0 Å². The monoisotopic (exact) mass is 300 g/mol. The van der Waals surface area contributed by atoms with E-state index < -0.39 is 14.4 Å². The zero-order valence-corrected chi connectivity index (χ0v) is 15.7. The van der Waals surface area contributed by atoms with Crippen LogP contribution in [0.1, 0.15) is 5.56 Å². The van der Waals surface area contributed by atoms with E-state index >= 15 is 0 Å². The van der Waals surface area contributed by atoms with E-state index in [1.54, 1.807) is 0 Å². The molecule has 0 saturated heterocycles. The standard InChI is InChI=1S/C13H24S2Si2/c1-11-8-9-12(14-16(2,3)4)13(10-11)15-17(5,6)7/h8-10H,1-7H3. The lowest BCUT2D eigenvalue weighted by Crippen LogP contribution is -2.16. The van der Waals surface area contributed by atoms with Gasteiger partial charge in [-0.3, -0.25) is 0 Å². The van der Waals surface area contributed by atoms with Crippen molar-refractivity contribution in [1.29, 1.82) is 0 Å². The molecule has 1 aromatic rings. The van der Waals surface area contributed by atoms with Gasteiger partial charge in [0.2, 0.25) is 0 Å². The summed E-state index contributed by atoms with van der Waals surface area (Å²) in [7, 11) is -2.21. The SMILES string of the molecule is Cc1ccc(S[Si](C)(C)C)c(S[Si](C)(C)C)c1. The predicted molar refractivity (Wildman–Crippen MR) is 89.6 cm³/mol. The zero-order valence-electron chi connectivity index (χ0n) is 12.0. The molecule has 4 heteroatoms. The van der Waals surface area contributed by atoms with Crippen LogP contribution in [0.4, 0.5) is 0 Å². The fourth-order valence-electron chi connectivity index (χ4n) is 1.44. The molecule has 0 unspecified atom stereocenters. The maximum atomic E-state index is 2.42. The fraction of sp³-hybridized carbons (Fsp3) is 0.538. The normalized spacial score (nSPS) is 12.9. The Morgan fingerprint density at radius 1 is 0.765 bits per heavy atom. The van der Waals surface area contributed by atoms with Gasteiger partial charge < -0.3 is 0 Å². The summed E-state index contributed by atoms with van der Waals surface area (Å²) < 4.78 is 0. The highest BCUT2D eigenvalue weighted by Gasteiger charge is 2.21. The second kappa shape index (κ2) is 5.55. The molecule has 0 aliphatic carbocycles. The Morgan fingerprint density at radius 3 is 1.71 bits per heavy atom. The molecule has 96 valence electrons. The molecule has 0 aliphatic rings. The van der Waals surface area contributed by atoms with E-state index in [9.17, 15) is 0 Å². The average molecular weight is 301 g/mol. The highest BCUT2D eigenvalue weighted by molar-refractivity contribution is 8.31. The van der Waals surface area contributed by atoms with Gasteiger partial charge in [0, 0.05) is 9.79 Å². The molecular weight excluding hydrogens is 276 g/mol. The summed E-state index contributed by atoms with van der Waals surface area (Å²) in [4.78, 5) is 3.01. The lowest BCUT2D eigenvalue weighted by atomic mass is 10.2. The highest BCUT2D eigenvalue weighted by Crippen LogP contribution is 2.40. The van der Waals surface area contributed by atoms with Crippen LogP contribution in [0.15, 0.2) is 28.0 Å². The predicted octanol–water partition coefficient (Wildman–Crippen LogP) is 5.85. The summed E-state index contributed by atoms with van der Waals surface area (Å²) in [6.45, 7) is 16.7. The number of benzene rings is 1. The minimum Gasteiger partial charge on any atom is -0.151 e. The van der Waals surface area contributed by atoms with Crippen molar-refractivity contribution in [2.75, 3.05) is 0 Å². The summed E-state index contributed by atoms with van der Waals surface area (Å²) >= 11 is 4.24. The zero-order chi connectivity index (χ0) is 13.3. The molecule has 1 aromatic carbocycles. The van der Waals surface area contributed by atoms with Crippen molar-refractivity contribution < 1.29 is 0 Å². The lowest BCUT2D eigenvalue weighted by molar-refractivity contribution is 1.22. The minimum absolute atomic E-state index is 1.10. The van der Waals surface area contributed by atoms with Crippen molar-refractivity contribution in [3.8, 4) is 0 Å². The van der Waals surface area contributed by atoms with Crippen LogP contribution < -0.4 is 0 Å². The first-order chi connectivity index (χ1) is 7.57. The van der Waals surface area contributed by atoms with E-state index in [0.717, 1.165) is 0 Å². The maximum Gasteiger partial charge on any atom is 0.114 e. The maximum absolute atomic E-state index is 2.42. The van der Waals surface area contributed by atoms with Crippen LogP contribution in [0.25, 0.3) is 0 Å². The second-order valence-corrected chi connectivity index (χ2v) is 24.7. The third-order valence-electron chi connectivity index (χ3n) is 1.93. The topological polar surface area (TPSA) is 0 Å². The van der Waals surface area contributed by atoms with E-state index in [4.69, 9.17) is 0 Å². The van der Waals surface area contributed by atoms with Gasteiger partial charge in [-0.25, -0.2) is 0 Å². The summed E-state index contributed by atoms with van der Waals surface area (Å²) in [5, 5.41) is 0. The summed E-state index contributed by atoms with van der Waals surface area (Å²) in [5.41, 5.74) is 1.38. The molecule has 0 atom stereocenters. The lowest BCUT2D eigenvalue weighted by Gasteiger charge is -2.22. The van der Waals surface area contributed by atoms with E-state index in [2.05, 4.69) is 86.8 Å². The fourth-order valence-corrected chi connectivity index (χ4v) is 9.16. The number of hydrogen-bond acceptors (Lipinski definition) is 2. The molecule has 0 N–H and O–H groups in total. The van der Waals surface area contributed by atoms with Gasteiger partial charge in [0.25, 0.3) is 0 Å². The molecular formula is C13H24S2Si2. The first kappa shape index (κ1) is 15.4. The molecule has 0 nitrogen and oxygen atoms in total. The first-order valence-electron chi connectivity index (χ1n) is 6.05. The molecule has 0 aromatic heterocycles. The summed E-state index contributed by atoms with van der Waals surface area (Å²) in [5.74, 6) is 0. The van der Waals surface area contributed by atoms with E-state index in [1.807, 2.05) is 0 Å². The number of rotatable bonds is 4. The average Bonchev–Trinajstić information content (AvgIpc) is 2.05. The van der Waals surface area contributed by atoms with Crippen molar-refractivity contribution in [3.63, 3.8) is 0 Å². The van der Waals surface area contributed by atoms with Gasteiger partial charge in [0.15, 0.2) is 0 Å². The van der Waals surface area contributed by atoms with Crippen molar-refractivity contribution in [2.24, 2.45) is 0 Å². The van der Waals surface area contributed by atoms with Crippen LogP contribution in [0, 0.1) is 6.92 Å². The highest BCUT2D eigenvalue weighted by atomic mass is 32.4. The Bertz CT molecular complexity index is 389. The summed E-state index contributed by atoms with van der Waals surface area (Å²) in [6, 6.07) is 6.93. The Kier molecular flexibility index (Phi) is 5.03. The van der Waals surface area contributed by atoms with Gasteiger partial charge in [-0.2, -0.15) is 22.4 Å². The van der Waals surface area contributed by atoms with Gasteiger partial charge in [0.1, 0.15) is 14.4 Å². The minimum atomic E-state index is -1.11. The van der Waals surface area contributed by atoms with Crippen LogP contribution in [0.5, 0.6) is 0 Å². The molecule has 0 aliphatic heterocycles. The van der Waals surface area contributed by atoms with E-state index in [1.165, 1.54) is 15.4 Å². The van der Waals surface area contributed by atoms with Crippen molar-refractivity contribution in [2.45, 2.75) is 56.0 Å². The molecule has 0 fully saturated rings. The van der Waals surface area contributed by atoms with E-state index in [0.29, 0.717) is 0 Å². The van der Waals surface area contributed by atoms with Crippen LogP contribution in [-0.4, -0.2) is 14.4 Å². The Labute approximate surface area is 116 Å². The van der Waals surface area contributed by atoms with Gasteiger partial charge in [-0.05, 0) is 24.6 Å². The summed E-state index contributed by atoms with van der Waals surface area (Å²) in [6.07, 6.45) is 0. The molecule has 17 heavy (non-hydrogen) atoms. The van der Waals surface area contributed by atoms with Crippen molar-refractivity contribution >= 4 is 36.9 Å². The molecule has 0 saturated carbocycles. The quantitative estimate of drug-likeness (QED) is 0.640. The van der Waals surface area contributed by atoms with Crippen molar-refractivity contribution in [1.82, 2.24) is 0 Å². The largest absolute Gasteiger partial charge is 0.151 e. The Hall–Kier alpha value is 0.354. The van der Waals surface area contributed by atoms with Gasteiger partial charge in [0.05, 0.1) is 0 Å². The van der Waals surface area contributed by atoms with Crippen LogP contribution in [-0.2, 0) is 0 Å². The Morgan fingerprint density at radius 2 is 1.24 bits per heavy atom. The molecule has 0 heterocycles. The molecule has 0 bridgehead atoms. The van der Waals surface area contributed by atoms with Crippen molar-refractivity contribution in [3.05, 3.63) is 23.8 Å². The molecule has 1 rings (SSSR count). The smallest absolute Gasteiger partial charge is 0.114 e. The molecule has 0 spiro atoms. The number of aryl methyl sites for hydroxylation is 1. The third-order valence-corrected chi connectivity index (χ3v) is 9.41. The van der Waals surface area contributed by atoms with Gasteiger partial charge in [-0.1, -0.05) is 45.3 Å². The van der Waals surface area contributed by atoms with E-state index in [-0.39, 0.29) is 0 Å². The molecule has 0 amide bonds. The third kappa shape index (κ3) is 6.18. The second-order valence-electron chi connectivity index (χ2n) is 6.38.